The number of amides is 1. The van der Waals surface area contributed by atoms with Gasteiger partial charge >= 0.3 is 0 Å². The minimum Gasteiger partial charge on any atom is -0.373 e. The topological polar surface area (TPSA) is 79.8 Å². The van der Waals surface area contributed by atoms with Crippen LogP contribution in [-0.2, 0) is 6.54 Å². The van der Waals surface area contributed by atoms with Crippen molar-refractivity contribution in [3.05, 3.63) is 60.2 Å². The van der Waals surface area contributed by atoms with Gasteiger partial charge in [0, 0.05) is 25.2 Å². The highest BCUT2D eigenvalue weighted by Crippen LogP contribution is 2.16. The van der Waals surface area contributed by atoms with Gasteiger partial charge < -0.3 is 10.6 Å². The van der Waals surface area contributed by atoms with Gasteiger partial charge in [-0.1, -0.05) is 6.07 Å². The predicted octanol–water partition coefficient (Wildman–Crippen LogP) is 2.00. The van der Waals surface area contributed by atoms with Crippen molar-refractivity contribution in [2.45, 2.75) is 6.54 Å². The molecule has 0 fully saturated rings. The highest BCUT2D eigenvalue weighted by atomic mass is 16.1. The molecule has 0 aliphatic heterocycles. The molecule has 3 rings (SSSR count). The number of rotatable bonds is 4. The Kier molecular flexibility index (Phi) is 3.91. The second-order valence-electron chi connectivity index (χ2n) is 4.75. The molecule has 0 aliphatic carbocycles. The molecule has 1 aromatic carbocycles. The summed E-state index contributed by atoms with van der Waals surface area (Å²) in [6.07, 6.45) is 2.90. The standard InChI is InChI=1S/C16H15N5O/c1-17-15-5-3-12-8-11(2-4-13(12)21-15)9-19-16(22)14-6-7-18-10-20-14/h2-8,10H,9H2,1H3,(H,17,21)(H,19,22). The fourth-order valence-corrected chi connectivity index (χ4v) is 2.12. The number of aromatic nitrogens is 3. The van der Waals surface area contributed by atoms with Gasteiger partial charge in [-0.05, 0) is 35.9 Å². The fourth-order valence-electron chi connectivity index (χ4n) is 2.12. The number of benzene rings is 1. The summed E-state index contributed by atoms with van der Waals surface area (Å²) < 4.78 is 0. The van der Waals surface area contributed by atoms with Crippen LogP contribution >= 0.6 is 0 Å². The molecule has 22 heavy (non-hydrogen) atoms. The number of anilines is 1. The Morgan fingerprint density at radius 2 is 2.09 bits per heavy atom. The molecule has 0 unspecified atom stereocenters. The molecule has 2 heterocycles. The molecule has 0 saturated carbocycles. The number of pyridine rings is 1. The molecule has 2 aromatic heterocycles. The molecular weight excluding hydrogens is 278 g/mol. The Morgan fingerprint density at radius 3 is 2.86 bits per heavy atom. The first-order valence-corrected chi connectivity index (χ1v) is 6.88. The van der Waals surface area contributed by atoms with E-state index in [4.69, 9.17) is 0 Å². The third kappa shape index (κ3) is 3.01. The number of nitrogens with zero attached hydrogens (tertiary/aromatic N) is 3. The van der Waals surface area contributed by atoms with Gasteiger partial charge in [-0.25, -0.2) is 15.0 Å². The monoisotopic (exact) mass is 293 g/mol. The Bertz CT molecular complexity index is 804. The van der Waals surface area contributed by atoms with Gasteiger partial charge in [-0.2, -0.15) is 0 Å². The van der Waals surface area contributed by atoms with Gasteiger partial charge in [-0.15, -0.1) is 0 Å². The van der Waals surface area contributed by atoms with Crippen molar-refractivity contribution in [3.8, 4) is 0 Å². The number of hydrogen-bond acceptors (Lipinski definition) is 5. The van der Waals surface area contributed by atoms with E-state index >= 15 is 0 Å². The predicted molar refractivity (Wildman–Crippen MR) is 84.5 cm³/mol. The molecule has 0 aliphatic rings. The van der Waals surface area contributed by atoms with Gasteiger partial charge in [0.05, 0.1) is 5.52 Å². The quantitative estimate of drug-likeness (QED) is 0.769. The highest BCUT2D eigenvalue weighted by molar-refractivity contribution is 5.92. The van der Waals surface area contributed by atoms with Crippen LogP contribution in [-0.4, -0.2) is 27.9 Å². The number of carbonyl (C=O) groups excluding carboxylic acids is 1. The van der Waals surface area contributed by atoms with Crippen LogP contribution in [0.1, 0.15) is 16.1 Å². The van der Waals surface area contributed by atoms with Crippen molar-refractivity contribution in [1.29, 1.82) is 0 Å². The molecule has 0 bridgehead atoms. The van der Waals surface area contributed by atoms with Crippen molar-refractivity contribution in [2.24, 2.45) is 0 Å². The summed E-state index contributed by atoms with van der Waals surface area (Å²) in [4.78, 5) is 24.1. The molecular formula is C16H15N5O. The van der Waals surface area contributed by atoms with Crippen LogP contribution in [0.3, 0.4) is 0 Å². The van der Waals surface area contributed by atoms with Crippen LogP contribution < -0.4 is 10.6 Å². The van der Waals surface area contributed by atoms with Crippen molar-refractivity contribution in [1.82, 2.24) is 20.3 Å². The minimum atomic E-state index is -0.217. The zero-order valence-electron chi connectivity index (χ0n) is 12.1. The Labute approximate surface area is 127 Å². The lowest BCUT2D eigenvalue weighted by Gasteiger charge is -2.07. The second-order valence-corrected chi connectivity index (χ2v) is 4.75. The van der Waals surface area contributed by atoms with Gasteiger partial charge in [0.25, 0.3) is 5.91 Å². The molecule has 2 N–H and O–H groups in total. The van der Waals surface area contributed by atoms with Crippen molar-refractivity contribution < 1.29 is 4.79 Å². The molecule has 110 valence electrons. The summed E-state index contributed by atoms with van der Waals surface area (Å²) in [5.41, 5.74) is 2.28. The molecule has 0 spiro atoms. The maximum atomic E-state index is 11.9. The van der Waals surface area contributed by atoms with E-state index < -0.39 is 0 Å². The van der Waals surface area contributed by atoms with Gasteiger partial charge in [0.1, 0.15) is 17.8 Å². The van der Waals surface area contributed by atoms with Crippen LogP contribution in [0.15, 0.2) is 48.9 Å². The van der Waals surface area contributed by atoms with Crippen molar-refractivity contribution in [2.75, 3.05) is 12.4 Å². The van der Waals surface area contributed by atoms with E-state index in [2.05, 4.69) is 25.6 Å². The lowest BCUT2D eigenvalue weighted by Crippen LogP contribution is -2.23. The highest BCUT2D eigenvalue weighted by Gasteiger charge is 2.06. The van der Waals surface area contributed by atoms with Gasteiger partial charge in [0.2, 0.25) is 0 Å². The fraction of sp³-hybridized carbons (Fsp3) is 0.125. The number of fused-ring (bicyclic) bond motifs is 1. The van der Waals surface area contributed by atoms with Crippen LogP contribution in [0.5, 0.6) is 0 Å². The van der Waals surface area contributed by atoms with Gasteiger partial charge in [0.15, 0.2) is 0 Å². The maximum absolute atomic E-state index is 11.9. The molecule has 6 nitrogen and oxygen atoms in total. The largest absolute Gasteiger partial charge is 0.373 e. The lowest BCUT2D eigenvalue weighted by molar-refractivity contribution is 0.0945. The zero-order valence-corrected chi connectivity index (χ0v) is 12.1. The summed E-state index contributed by atoms with van der Waals surface area (Å²) in [5.74, 6) is 0.614. The number of hydrogen-bond donors (Lipinski definition) is 2. The van der Waals surface area contributed by atoms with E-state index in [-0.39, 0.29) is 5.91 Å². The number of nitrogens with one attached hydrogen (secondary N) is 2. The first-order chi connectivity index (χ1) is 10.8. The van der Waals surface area contributed by atoms with E-state index in [1.165, 1.54) is 6.33 Å². The Balaban J connectivity index is 1.73. The van der Waals surface area contributed by atoms with E-state index in [1.54, 1.807) is 12.3 Å². The van der Waals surface area contributed by atoms with Crippen LogP contribution in [0.2, 0.25) is 0 Å². The third-order valence-corrected chi connectivity index (χ3v) is 3.28. The third-order valence-electron chi connectivity index (χ3n) is 3.28. The molecule has 3 aromatic rings. The smallest absolute Gasteiger partial charge is 0.270 e. The van der Waals surface area contributed by atoms with E-state index in [1.807, 2.05) is 37.4 Å². The van der Waals surface area contributed by atoms with Crippen LogP contribution in [0.4, 0.5) is 5.82 Å². The average Bonchev–Trinajstić information content (AvgIpc) is 2.59. The first-order valence-electron chi connectivity index (χ1n) is 6.88. The molecule has 6 heteroatoms. The molecule has 0 saturated heterocycles. The summed E-state index contributed by atoms with van der Waals surface area (Å²) >= 11 is 0. The van der Waals surface area contributed by atoms with E-state index in [0.29, 0.717) is 12.2 Å². The normalized spacial score (nSPS) is 10.4. The summed E-state index contributed by atoms with van der Waals surface area (Å²) in [6.45, 7) is 0.437. The van der Waals surface area contributed by atoms with Crippen molar-refractivity contribution >= 4 is 22.6 Å². The van der Waals surface area contributed by atoms with Gasteiger partial charge in [-0.3, -0.25) is 4.79 Å². The van der Waals surface area contributed by atoms with E-state index in [9.17, 15) is 4.79 Å². The first kappa shape index (κ1) is 13.9. The summed E-state index contributed by atoms with van der Waals surface area (Å²) in [7, 11) is 1.84. The Morgan fingerprint density at radius 1 is 1.18 bits per heavy atom. The number of carbonyl (C=O) groups is 1. The van der Waals surface area contributed by atoms with E-state index in [0.717, 1.165) is 22.3 Å². The van der Waals surface area contributed by atoms with Crippen molar-refractivity contribution in [3.63, 3.8) is 0 Å². The zero-order chi connectivity index (χ0) is 15.4. The van der Waals surface area contributed by atoms with Crippen LogP contribution in [0.25, 0.3) is 10.9 Å². The second kappa shape index (κ2) is 6.17. The maximum Gasteiger partial charge on any atom is 0.270 e. The average molecular weight is 293 g/mol. The Hall–Kier alpha value is -3.02. The van der Waals surface area contributed by atoms with Crippen LogP contribution in [0, 0.1) is 0 Å². The summed E-state index contributed by atoms with van der Waals surface area (Å²) in [5, 5.41) is 6.89. The summed E-state index contributed by atoms with van der Waals surface area (Å²) in [6, 6.07) is 11.4. The molecule has 1 amide bonds. The minimum absolute atomic E-state index is 0.217. The lowest BCUT2D eigenvalue weighted by atomic mass is 10.1. The molecule has 0 radical (unpaired) electrons. The molecule has 0 atom stereocenters. The SMILES string of the molecule is CNc1ccc2cc(CNC(=O)c3ccncn3)ccc2n1.